The summed E-state index contributed by atoms with van der Waals surface area (Å²) in [6.07, 6.45) is 0.864. The molecule has 1 saturated heterocycles. The maximum absolute atomic E-state index is 10.1. The molecule has 1 heterocycles. The van der Waals surface area contributed by atoms with Crippen LogP contribution in [0.2, 0.25) is 0 Å². The van der Waals surface area contributed by atoms with Crippen molar-refractivity contribution in [1.82, 2.24) is 0 Å². The summed E-state index contributed by atoms with van der Waals surface area (Å²) in [5.41, 5.74) is -0.877. The number of rotatable bonds is 3. The molecule has 0 aromatic carbocycles. The molecule has 4 heteroatoms. The molecule has 2 N–H and O–H groups in total. The molecule has 4 nitrogen and oxygen atoms in total. The number of ether oxygens (including phenoxy) is 1. The van der Waals surface area contributed by atoms with Crippen molar-refractivity contribution in [2.24, 2.45) is 0 Å². The first-order chi connectivity index (χ1) is 5.12. The molecule has 1 aliphatic rings. The standard InChI is InChI=1S/C7H12O4/c8-6(9)1-2-7(10)3-4-11-5-7/h10H,1-5H2,(H,8,9). The van der Waals surface area contributed by atoms with E-state index in [1.54, 1.807) is 0 Å². The summed E-state index contributed by atoms with van der Waals surface area (Å²) >= 11 is 0. The zero-order chi connectivity index (χ0) is 8.32. The zero-order valence-electron chi connectivity index (χ0n) is 6.25. The van der Waals surface area contributed by atoms with Gasteiger partial charge in [-0.1, -0.05) is 0 Å². The van der Waals surface area contributed by atoms with Gasteiger partial charge in [-0.25, -0.2) is 0 Å². The van der Waals surface area contributed by atoms with Gasteiger partial charge in [0, 0.05) is 19.4 Å². The van der Waals surface area contributed by atoms with Crippen LogP contribution < -0.4 is 0 Å². The second-order valence-corrected chi connectivity index (χ2v) is 2.92. The minimum absolute atomic E-state index is 0.0137. The Kier molecular flexibility index (Phi) is 2.46. The number of carbonyl (C=O) groups is 1. The highest BCUT2D eigenvalue weighted by atomic mass is 16.5. The molecule has 1 unspecified atom stereocenters. The molecule has 0 amide bonds. The molecule has 1 rings (SSSR count). The summed E-state index contributed by atoms with van der Waals surface area (Å²) in [6, 6.07) is 0. The van der Waals surface area contributed by atoms with Crippen LogP contribution in [0.4, 0.5) is 0 Å². The summed E-state index contributed by atoms with van der Waals surface area (Å²) in [5, 5.41) is 17.9. The SMILES string of the molecule is O=C(O)CCC1(O)CCOC1. The van der Waals surface area contributed by atoms with Crippen LogP contribution in [0.15, 0.2) is 0 Å². The smallest absolute Gasteiger partial charge is 0.303 e. The largest absolute Gasteiger partial charge is 0.481 e. The van der Waals surface area contributed by atoms with Gasteiger partial charge in [0.15, 0.2) is 0 Å². The molecule has 1 fully saturated rings. The van der Waals surface area contributed by atoms with Crippen molar-refractivity contribution >= 4 is 5.97 Å². The van der Waals surface area contributed by atoms with E-state index in [9.17, 15) is 9.90 Å². The Hall–Kier alpha value is -0.610. The summed E-state index contributed by atoms with van der Waals surface area (Å²) in [5.74, 6) is -0.870. The lowest BCUT2D eigenvalue weighted by Gasteiger charge is -2.18. The van der Waals surface area contributed by atoms with Crippen LogP contribution in [0.3, 0.4) is 0 Å². The average Bonchev–Trinajstić information content (AvgIpc) is 2.33. The Morgan fingerprint density at radius 1 is 1.64 bits per heavy atom. The van der Waals surface area contributed by atoms with Crippen molar-refractivity contribution in [1.29, 1.82) is 0 Å². The predicted octanol–water partition coefficient (Wildman–Crippen LogP) is 0.00260. The third-order valence-corrected chi connectivity index (χ3v) is 1.89. The van der Waals surface area contributed by atoms with E-state index in [0.29, 0.717) is 19.4 Å². The monoisotopic (exact) mass is 160 g/mol. The Balaban J connectivity index is 2.28. The number of hydrogen-bond acceptors (Lipinski definition) is 3. The fraction of sp³-hybridized carbons (Fsp3) is 0.857. The molecule has 0 bridgehead atoms. The van der Waals surface area contributed by atoms with Gasteiger partial charge >= 0.3 is 5.97 Å². The highest BCUT2D eigenvalue weighted by Gasteiger charge is 2.32. The van der Waals surface area contributed by atoms with E-state index < -0.39 is 11.6 Å². The van der Waals surface area contributed by atoms with Crippen LogP contribution >= 0.6 is 0 Å². The fourth-order valence-corrected chi connectivity index (χ4v) is 1.13. The predicted molar refractivity (Wildman–Crippen MR) is 37.3 cm³/mol. The summed E-state index contributed by atoms with van der Waals surface area (Å²) < 4.78 is 4.95. The molecule has 64 valence electrons. The van der Waals surface area contributed by atoms with Crippen LogP contribution in [-0.4, -0.2) is 35.0 Å². The number of aliphatic hydroxyl groups is 1. The fourth-order valence-electron chi connectivity index (χ4n) is 1.13. The Bertz CT molecular complexity index is 149. The van der Waals surface area contributed by atoms with Crippen molar-refractivity contribution in [2.45, 2.75) is 24.9 Å². The molecule has 0 saturated carbocycles. The van der Waals surface area contributed by atoms with Crippen molar-refractivity contribution in [3.63, 3.8) is 0 Å². The highest BCUT2D eigenvalue weighted by molar-refractivity contribution is 5.66. The lowest BCUT2D eigenvalue weighted by atomic mass is 9.97. The third-order valence-electron chi connectivity index (χ3n) is 1.89. The van der Waals surface area contributed by atoms with E-state index in [-0.39, 0.29) is 13.0 Å². The second-order valence-electron chi connectivity index (χ2n) is 2.92. The Labute approximate surface area is 64.8 Å². The van der Waals surface area contributed by atoms with Crippen molar-refractivity contribution < 1.29 is 19.7 Å². The molecule has 0 radical (unpaired) electrons. The highest BCUT2D eigenvalue weighted by Crippen LogP contribution is 2.23. The zero-order valence-corrected chi connectivity index (χ0v) is 6.25. The Morgan fingerprint density at radius 2 is 2.36 bits per heavy atom. The molecule has 1 aliphatic heterocycles. The van der Waals surface area contributed by atoms with E-state index in [2.05, 4.69) is 0 Å². The van der Waals surface area contributed by atoms with Crippen LogP contribution in [0, 0.1) is 0 Å². The first-order valence-corrected chi connectivity index (χ1v) is 3.64. The van der Waals surface area contributed by atoms with Crippen LogP contribution in [-0.2, 0) is 9.53 Å². The second kappa shape index (κ2) is 3.19. The van der Waals surface area contributed by atoms with Gasteiger partial charge in [0.05, 0.1) is 12.2 Å². The van der Waals surface area contributed by atoms with Gasteiger partial charge in [0.25, 0.3) is 0 Å². The Morgan fingerprint density at radius 3 is 2.82 bits per heavy atom. The molecular weight excluding hydrogens is 148 g/mol. The van der Waals surface area contributed by atoms with Gasteiger partial charge in [-0.05, 0) is 6.42 Å². The van der Waals surface area contributed by atoms with Crippen LogP contribution in [0.1, 0.15) is 19.3 Å². The number of carboxylic acids is 1. The topological polar surface area (TPSA) is 66.8 Å². The minimum atomic E-state index is -0.877. The van der Waals surface area contributed by atoms with E-state index in [1.165, 1.54) is 0 Å². The summed E-state index contributed by atoms with van der Waals surface area (Å²) in [7, 11) is 0. The van der Waals surface area contributed by atoms with Gasteiger partial charge in [0.1, 0.15) is 0 Å². The van der Waals surface area contributed by atoms with E-state index in [4.69, 9.17) is 9.84 Å². The van der Waals surface area contributed by atoms with Crippen molar-refractivity contribution in [2.75, 3.05) is 13.2 Å². The third kappa shape index (κ3) is 2.48. The normalized spacial score (nSPS) is 30.6. The van der Waals surface area contributed by atoms with Gasteiger partial charge in [-0.3, -0.25) is 4.79 Å². The molecule has 0 aromatic rings. The maximum atomic E-state index is 10.1. The molecule has 0 aliphatic carbocycles. The average molecular weight is 160 g/mol. The van der Waals surface area contributed by atoms with Crippen LogP contribution in [0.25, 0.3) is 0 Å². The summed E-state index contributed by atoms with van der Waals surface area (Å²) in [4.78, 5) is 10.1. The first-order valence-electron chi connectivity index (χ1n) is 3.64. The lowest BCUT2D eigenvalue weighted by Crippen LogP contribution is -2.29. The maximum Gasteiger partial charge on any atom is 0.303 e. The quantitative estimate of drug-likeness (QED) is 0.610. The lowest BCUT2D eigenvalue weighted by molar-refractivity contribution is -0.138. The summed E-state index contributed by atoms with van der Waals surface area (Å²) in [6.45, 7) is 0.816. The van der Waals surface area contributed by atoms with Gasteiger partial charge in [-0.2, -0.15) is 0 Å². The molecule has 0 aromatic heterocycles. The molecule has 11 heavy (non-hydrogen) atoms. The van der Waals surface area contributed by atoms with E-state index in [1.807, 2.05) is 0 Å². The number of carboxylic acid groups (broad SMARTS) is 1. The van der Waals surface area contributed by atoms with Gasteiger partial charge < -0.3 is 14.9 Å². The first kappa shape index (κ1) is 8.49. The van der Waals surface area contributed by atoms with Gasteiger partial charge in [0.2, 0.25) is 0 Å². The van der Waals surface area contributed by atoms with Crippen LogP contribution in [0.5, 0.6) is 0 Å². The van der Waals surface area contributed by atoms with Gasteiger partial charge in [-0.15, -0.1) is 0 Å². The molecular formula is C7H12O4. The van der Waals surface area contributed by atoms with Crippen molar-refractivity contribution in [3.05, 3.63) is 0 Å². The van der Waals surface area contributed by atoms with E-state index in [0.717, 1.165) is 0 Å². The van der Waals surface area contributed by atoms with E-state index >= 15 is 0 Å². The number of hydrogen-bond donors (Lipinski definition) is 2. The van der Waals surface area contributed by atoms with Crippen molar-refractivity contribution in [3.8, 4) is 0 Å². The molecule has 1 atom stereocenters. The minimum Gasteiger partial charge on any atom is -0.481 e. The number of aliphatic carboxylic acids is 1. The molecule has 0 spiro atoms.